The number of hydrogen-bond acceptors (Lipinski definition) is 6. The summed E-state index contributed by atoms with van der Waals surface area (Å²) in [5.41, 5.74) is 4.27. The summed E-state index contributed by atoms with van der Waals surface area (Å²) < 4.78 is 12.6. The molecule has 0 amide bonds. The number of aliphatic hydroxyl groups is 1. The highest BCUT2D eigenvalue weighted by atomic mass is 16.6. The van der Waals surface area contributed by atoms with E-state index in [4.69, 9.17) is 15.2 Å². The van der Waals surface area contributed by atoms with Crippen molar-refractivity contribution >= 4 is 5.82 Å². The van der Waals surface area contributed by atoms with E-state index in [1.165, 1.54) is 16.8 Å². The molecule has 7 heteroatoms. The van der Waals surface area contributed by atoms with E-state index >= 15 is 0 Å². The van der Waals surface area contributed by atoms with Crippen molar-refractivity contribution in [2.45, 2.75) is 24.4 Å². The highest BCUT2D eigenvalue weighted by Crippen LogP contribution is 2.43. The molecule has 2 fully saturated rings. The zero-order valence-corrected chi connectivity index (χ0v) is 9.07. The predicted octanol–water partition coefficient (Wildman–Crippen LogP) is -1.13. The van der Waals surface area contributed by atoms with Gasteiger partial charge in [-0.1, -0.05) is 0 Å². The molecule has 0 saturated carbocycles. The Balaban J connectivity index is 1.94. The number of fused-ring (bicyclic) bond motifs is 2. The summed E-state index contributed by atoms with van der Waals surface area (Å²) in [6.45, 7) is 0.249. The first-order valence-corrected chi connectivity index (χ1v) is 5.38. The SMILES string of the molecule is Nc1ccn(C2OC3(CO)COC2C3)c(=O)n1. The maximum atomic E-state index is 11.7. The number of nitrogens with zero attached hydrogens (tertiary/aromatic N) is 2. The summed E-state index contributed by atoms with van der Waals surface area (Å²) in [7, 11) is 0. The molecule has 7 nitrogen and oxygen atoms in total. The molecule has 3 atom stereocenters. The summed E-state index contributed by atoms with van der Waals surface area (Å²) in [6, 6.07) is 1.53. The third kappa shape index (κ3) is 1.54. The number of nitrogen functional groups attached to an aromatic ring is 1. The van der Waals surface area contributed by atoms with E-state index in [-0.39, 0.29) is 18.5 Å². The van der Waals surface area contributed by atoms with Crippen LogP contribution in [0, 0.1) is 0 Å². The number of nitrogens with two attached hydrogens (primary N) is 1. The lowest BCUT2D eigenvalue weighted by Crippen LogP contribution is -2.41. The van der Waals surface area contributed by atoms with Crippen molar-refractivity contribution in [2.24, 2.45) is 0 Å². The number of hydrogen-bond donors (Lipinski definition) is 2. The smallest absolute Gasteiger partial charge is 0.351 e. The van der Waals surface area contributed by atoms with Crippen LogP contribution < -0.4 is 11.4 Å². The highest BCUT2D eigenvalue weighted by molar-refractivity contribution is 5.23. The van der Waals surface area contributed by atoms with Gasteiger partial charge < -0.3 is 20.3 Å². The molecule has 17 heavy (non-hydrogen) atoms. The molecule has 2 saturated heterocycles. The minimum atomic E-state index is -0.670. The number of ether oxygens (including phenoxy) is 2. The first-order valence-electron chi connectivity index (χ1n) is 5.38. The van der Waals surface area contributed by atoms with Crippen LogP contribution in [0.1, 0.15) is 12.6 Å². The fourth-order valence-corrected chi connectivity index (χ4v) is 2.34. The summed E-state index contributed by atoms with van der Waals surface area (Å²) >= 11 is 0. The van der Waals surface area contributed by atoms with Gasteiger partial charge in [-0.2, -0.15) is 4.98 Å². The Labute approximate surface area is 96.8 Å². The van der Waals surface area contributed by atoms with Crippen molar-refractivity contribution in [1.82, 2.24) is 9.55 Å². The molecule has 1 aromatic heterocycles. The predicted molar refractivity (Wildman–Crippen MR) is 57.2 cm³/mol. The van der Waals surface area contributed by atoms with Crippen LogP contribution in [-0.2, 0) is 9.47 Å². The van der Waals surface area contributed by atoms with E-state index in [1.807, 2.05) is 0 Å². The van der Waals surface area contributed by atoms with Gasteiger partial charge in [0.25, 0.3) is 0 Å². The lowest BCUT2D eigenvalue weighted by Gasteiger charge is -2.29. The van der Waals surface area contributed by atoms with Crippen LogP contribution in [0.2, 0.25) is 0 Å². The molecule has 1 aromatic rings. The largest absolute Gasteiger partial charge is 0.393 e. The average Bonchev–Trinajstić information content (AvgIpc) is 2.87. The van der Waals surface area contributed by atoms with Gasteiger partial charge in [0.15, 0.2) is 6.23 Å². The molecule has 2 aliphatic heterocycles. The molecule has 0 radical (unpaired) electrons. The number of rotatable bonds is 2. The molecule has 2 bridgehead atoms. The van der Waals surface area contributed by atoms with Crippen LogP contribution in [0.5, 0.6) is 0 Å². The minimum absolute atomic E-state index is 0.114. The van der Waals surface area contributed by atoms with Crippen LogP contribution in [0.4, 0.5) is 5.82 Å². The van der Waals surface area contributed by atoms with Crippen LogP contribution in [0.3, 0.4) is 0 Å². The van der Waals surface area contributed by atoms with Gasteiger partial charge in [0.2, 0.25) is 0 Å². The van der Waals surface area contributed by atoms with Crippen molar-refractivity contribution < 1.29 is 14.6 Å². The minimum Gasteiger partial charge on any atom is -0.393 e. The molecule has 3 unspecified atom stereocenters. The molecule has 0 aliphatic carbocycles. The Morgan fingerprint density at radius 1 is 1.71 bits per heavy atom. The van der Waals surface area contributed by atoms with E-state index < -0.39 is 17.5 Å². The maximum Gasteiger partial charge on any atom is 0.351 e. The maximum absolute atomic E-state index is 11.7. The van der Waals surface area contributed by atoms with Gasteiger partial charge in [-0.15, -0.1) is 0 Å². The van der Waals surface area contributed by atoms with Gasteiger partial charge in [-0.3, -0.25) is 4.57 Å². The molecule has 0 aromatic carbocycles. The number of anilines is 1. The fraction of sp³-hybridized carbons (Fsp3) is 0.600. The Hall–Kier alpha value is -1.44. The summed E-state index contributed by atoms with van der Waals surface area (Å²) in [4.78, 5) is 15.3. The normalized spacial score (nSPS) is 35.4. The topological polar surface area (TPSA) is 99.6 Å². The summed E-state index contributed by atoms with van der Waals surface area (Å²) in [5.74, 6) is 0.173. The van der Waals surface area contributed by atoms with Crippen molar-refractivity contribution in [3.63, 3.8) is 0 Å². The number of aliphatic hydroxyl groups excluding tert-OH is 1. The van der Waals surface area contributed by atoms with Gasteiger partial charge in [-0.05, 0) is 6.07 Å². The molecule has 3 N–H and O–H groups in total. The van der Waals surface area contributed by atoms with Crippen molar-refractivity contribution in [3.05, 3.63) is 22.7 Å². The molecular weight excluding hydrogens is 226 g/mol. The van der Waals surface area contributed by atoms with Gasteiger partial charge in [0.05, 0.1) is 13.2 Å². The molecular formula is C10H13N3O4. The monoisotopic (exact) mass is 239 g/mol. The summed E-state index contributed by atoms with van der Waals surface area (Å²) in [6.07, 6.45) is 1.37. The lowest BCUT2D eigenvalue weighted by molar-refractivity contribution is -0.184. The van der Waals surface area contributed by atoms with Gasteiger partial charge >= 0.3 is 5.69 Å². The molecule has 3 heterocycles. The quantitative estimate of drug-likeness (QED) is 0.677. The van der Waals surface area contributed by atoms with Crippen LogP contribution >= 0.6 is 0 Å². The number of aromatic nitrogens is 2. The van der Waals surface area contributed by atoms with E-state index in [2.05, 4.69) is 4.98 Å². The van der Waals surface area contributed by atoms with E-state index in [9.17, 15) is 9.90 Å². The van der Waals surface area contributed by atoms with Crippen molar-refractivity contribution in [1.29, 1.82) is 0 Å². The molecule has 92 valence electrons. The van der Waals surface area contributed by atoms with Crippen LogP contribution in [0.25, 0.3) is 0 Å². The molecule has 3 rings (SSSR count). The Morgan fingerprint density at radius 2 is 2.53 bits per heavy atom. The van der Waals surface area contributed by atoms with Crippen LogP contribution in [0.15, 0.2) is 17.1 Å². The third-order valence-electron chi connectivity index (χ3n) is 3.24. The second-order valence-electron chi connectivity index (χ2n) is 4.45. The van der Waals surface area contributed by atoms with E-state index in [0.717, 1.165) is 0 Å². The lowest BCUT2D eigenvalue weighted by atomic mass is 10.0. The van der Waals surface area contributed by atoms with Crippen molar-refractivity contribution in [2.75, 3.05) is 18.9 Å². The third-order valence-corrected chi connectivity index (χ3v) is 3.24. The second-order valence-corrected chi connectivity index (χ2v) is 4.45. The summed E-state index contributed by atoms with van der Waals surface area (Å²) in [5, 5.41) is 9.29. The first kappa shape index (κ1) is 10.7. The Morgan fingerprint density at radius 3 is 3.18 bits per heavy atom. The highest BCUT2D eigenvalue weighted by Gasteiger charge is 2.54. The average molecular weight is 239 g/mol. The zero-order chi connectivity index (χ0) is 12.0. The first-order chi connectivity index (χ1) is 8.13. The standard InChI is InChI=1S/C10H13N3O4/c11-7-1-2-13(9(15)12-7)8-6-3-10(4-14,17-8)5-16-6/h1-2,6,8,14H,3-5H2,(H2,11,12,15). The fourth-order valence-electron chi connectivity index (χ4n) is 2.34. The van der Waals surface area contributed by atoms with Crippen molar-refractivity contribution in [3.8, 4) is 0 Å². The molecule has 0 spiro atoms. The van der Waals surface area contributed by atoms with Gasteiger partial charge in [0.1, 0.15) is 17.5 Å². The van der Waals surface area contributed by atoms with Crippen LogP contribution in [-0.4, -0.2) is 39.6 Å². The Bertz CT molecular complexity index is 503. The van der Waals surface area contributed by atoms with E-state index in [1.54, 1.807) is 0 Å². The van der Waals surface area contributed by atoms with Gasteiger partial charge in [0, 0.05) is 12.6 Å². The second kappa shape index (κ2) is 3.52. The Kier molecular flexibility index (Phi) is 2.22. The molecule has 2 aliphatic rings. The van der Waals surface area contributed by atoms with E-state index in [0.29, 0.717) is 13.0 Å². The zero-order valence-electron chi connectivity index (χ0n) is 9.07. The van der Waals surface area contributed by atoms with Gasteiger partial charge in [-0.25, -0.2) is 4.79 Å².